The van der Waals surface area contributed by atoms with Crippen molar-refractivity contribution in [1.29, 1.82) is 0 Å². The van der Waals surface area contributed by atoms with Crippen molar-refractivity contribution in [2.75, 3.05) is 5.32 Å². The van der Waals surface area contributed by atoms with Gasteiger partial charge in [-0.2, -0.15) is 4.57 Å². The molecule has 1 heterocycles. The van der Waals surface area contributed by atoms with Gasteiger partial charge >= 0.3 is 5.89 Å². The topological polar surface area (TPSA) is 29.0 Å². The summed E-state index contributed by atoms with van der Waals surface area (Å²) in [4.78, 5) is 0. The van der Waals surface area contributed by atoms with Gasteiger partial charge in [-0.15, -0.1) is 0 Å². The second-order valence-electron chi connectivity index (χ2n) is 5.82. The Bertz CT molecular complexity index is 988. The van der Waals surface area contributed by atoms with Crippen LogP contribution in [0, 0.1) is 0 Å². The van der Waals surface area contributed by atoms with Crippen LogP contribution in [0.4, 0.5) is 5.69 Å². The molecule has 4 rings (SSSR count). The number of oxazole rings is 1. The van der Waals surface area contributed by atoms with Gasteiger partial charge in [-0.25, -0.2) is 0 Å². The quantitative estimate of drug-likeness (QED) is 0.531. The normalized spacial score (nSPS) is 11.2. The number of rotatable bonds is 5. The minimum absolute atomic E-state index is 0.767. The van der Waals surface area contributed by atoms with Gasteiger partial charge in [0.05, 0.1) is 6.08 Å². The van der Waals surface area contributed by atoms with Gasteiger partial charge in [0.25, 0.3) is 5.52 Å². The Balaban J connectivity index is 1.66. The van der Waals surface area contributed by atoms with Crippen LogP contribution in [0.2, 0.25) is 0 Å². The highest BCUT2D eigenvalue weighted by Gasteiger charge is 2.20. The standard InChI is InChI=1S/C22H18N2O/c1-3-9-18(10-4-1)17-24-20-13-7-8-14-21(20)25-22(24)15-16-23-19-11-5-2-6-12-19/h1-16H,17H2/p+1. The third kappa shape index (κ3) is 3.45. The number of fused-ring (bicyclic) bond motifs is 1. The van der Waals surface area contributed by atoms with Gasteiger partial charge in [0, 0.05) is 23.5 Å². The van der Waals surface area contributed by atoms with E-state index in [1.54, 1.807) is 0 Å². The average molecular weight is 327 g/mol. The van der Waals surface area contributed by atoms with Gasteiger partial charge in [0.1, 0.15) is 0 Å². The Morgan fingerprint density at radius 2 is 1.48 bits per heavy atom. The third-order valence-electron chi connectivity index (χ3n) is 4.07. The van der Waals surface area contributed by atoms with Crippen molar-refractivity contribution >= 4 is 22.9 Å². The van der Waals surface area contributed by atoms with E-state index in [-0.39, 0.29) is 0 Å². The van der Waals surface area contributed by atoms with Crippen LogP contribution in [-0.2, 0) is 6.54 Å². The zero-order chi connectivity index (χ0) is 16.9. The number of benzene rings is 3. The summed E-state index contributed by atoms with van der Waals surface area (Å²) in [6, 6.07) is 28.6. The predicted octanol–water partition coefficient (Wildman–Crippen LogP) is 4.85. The molecule has 0 amide bonds. The second kappa shape index (κ2) is 7.05. The monoisotopic (exact) mass is 327 g/mol. The van der Waals surface area contributed by atoms with E-state index in [0.717, 1.165) is 29.2 Å². The van der Waals surface area contributed by atoms with Crippen LogP contribution < -0.4 is 9.88 Å². The molecular weight excluding hydrogens is 308 g/mol. The Morgan fingerprint density at radius 1 is 0.800 bits per heavy atom. The minimum Gasteiger partial charge on any atom is -0.398 e. The lowest BCUT2D eigenvalue weighted by atomic mass is 10.2. The third-order valence-corrected chi connectivity index (χ3v) is 4.07. The number of nitrogens with one attached hydrogen (secondary N) is 1. The van der Waals surface area contributed by atoms with Crippen molar-refractivity contribution in [2.24, 2.45) is 0 Å². The molecule has 0 bridgehead atoms. The van der Waals surface area contributed by atoms with E-state index in [9.17, 15) is 0 Å². The van der Waals surface area contributed by atoms with Crippen molar-refractivity contribution in [2.45, 2.75) is 6.54 Å². The molecular formula is C22H19N2O+. The highest BCUT2D eigenvalue weighted by atomic mass is 16.3. The molecule has 1 N–H and O–H groups in total. The molecule has 3 aromatic carbocycles. The fourth-order valence-corrected chi connectivity index (χ4v) is 2.85. The molecule has 4 aromatic rings. The molecule has 0 spiro atoms. The molecule has 0 fully saturated rings. The summed E-state index contributed by atoms with van der Waals surface area (Å²) >= 11 is 0. The maximum Gasteiger partial charge on any atom is 0.375 e. The highest BCUT2D eigenvalue weighted by molar-refractivity contribution is 5.69. The van der Waals surface area contributed by atoms with E-state index in [1.165, 1.54) is 5.56 Å². The number of nitrogens with zero attached hydrogens (tertiary/aromatic N) is 1. The first kappa shape index (κ1) is 15.2. The fraction of sp³-hybridized carbons (Fsp3) is 0.0455. The zero-order valence-electron chi connectivity index (χ0n) is 13.8. The summed E-state index contributed by atoms with van der Waals surface area (Å²) in [6.07, 6.45) is 3.88. The molecule has 1 aromatic heterocycles. The number of hydrogen-bond acceptors (Lipinski definition) is 2. The summed E-state index contributed by atoms with van der Waals surface area (Å²) in [5.74, 6) is 0.813. The van der Waals surface area contributed by atoms with E-state index in [1.807, 2.05) is 66.9 Å². The Labute approximate surface area is 146 Å². The van der Waals surface area contributed by atoms with Crippen LogP contribution >= 0.6 is 0 Å². The van der Waals surface area contributed by atoms with Crippen LogP contribution in [0.3, 0.4) is 0 Å². The lowest BCUT2D eigenvalue weighted by molar-refractivity contribution is -0.669. The van der Waals surface area contributed by atoms with E-state index in [0.29, 0.717) is 0 Å². The van der Waals surface area contributed by atoms with E-state index in [2.05, 4.69) is 40.2 Å². The molecule has 25 heavy (non-hydrogen) atoms. The molecule has 0 radical (unpaired) electrons. The summed E-state index contributed by atoms with van der Waals surface area (Å²) in [5.41, 5.74) is 4.26. The van der Waals surface area contributed by atoms with Crippen LogP contribution in [0.1, 0.15) is 11.5 Å². The molecule has 3 heteroatoms. The van der Waals surface area contributed by atoms with Gasteiger partial charge in [-0.3, -0.25) is 0 Å². The number of aromatic nitrogens is 1. The van der Waals surface area contributed by atoms with E-state index >= 15 is 0 Å². The smallest absolute Gasteiger partial charge is 0.375 e. The van der Waals surface area contributed by atoms with Crippen molar-refractivity contribution in [3.63, 3.8) is 0 Å². The van der Waals surface area contributed by atoms with Crippen molar-refractivity contribution < 1.29 is 8.98 Å². The van der Waals surface area contributed by atoms with E-state index < -0.39 is 0 Å². The first-order chi connectivity index (χ1) is 12.4. The molecule has 0 atom stereocenters. The van der Waals surface area contributed by atoms with Crippen molar-refractivity contribution in [3.8, 4) is 0 Å². The van der Waals surface area contributed by atoms with E-state index in [4.69, 9.17) is 4.42 Å². The van der Waals surface area contributed by atoms with Gasteiger partial charge in [-0.1, -0.05) is 60.7 Å². The maximum absolute atomic E-state index is 6.05. The maximum atomic E-state index is 6.05. The second-order valence-corrected chi connectivity index (χ2v) is 5.82. The lowest BCUT2D eigenvalue weighted by Gasteiger charge is -1.98. The molecule has 0 aliphatic carbocycles. The molecule has 0 saturated carbocycles. The number of para-hydroxylation sites is 3. The van der Waals surface area contributed by atoms with Crippen LogP contribution in [0.25, 0.3) is 17.2 Å². The van der Waals surface area contributed by atoms with Crippen LogP contribution in [0.5, 0.6) is 0 Å². The largest absolute Gasteiger partial charge is 0.398 e. The molecule has 0 unspecified atom stereocenters. The minimum atomic E-state index is 0.767. The summed E-state index contributed by atoms with van der Waals surface area (Å²) < 4.78 is 8.23. The Hall–Kier alpha value is -3.33. The molecule has 0 aliphatic rings. The Morgan fingerprint density at radius 3 is 2.28 bits per heavy atom. The first-order valence-electron chi connectivity index (χ1n) is 8.33. The molecule has 0 aliphatic heterocycles. The molecule has 122 valence electrons. The summed E-state index contributed by atoms with van der Waals surface area (Å²) in [7, 11) is 0. The predicted molar refractivity (Wildman–Crippen MR) is 101 cm³/mol. The fourth-order valence-electron chi connectivity index (χ4n) is 2.85. The Kier molecular flexibility index (Phi) is 4.29. The van der Waals surface area contributed by atoms with Gasteiger partial charge in [-0.05, 0) is 18.2 Å². The van der Waals surface area contributed by atoms with Crippen molar-refractivity contribution in [3.05, 3.63) is 103 Å². The number of hydrogen-bond donors (Lipinski definition) is 1. The molecule has 3 nitrogen and oxygen atoms in total. The number of anilines is 1. The van der Waals surface area contributed by atoms with Crippen LogP contribution in [-0.4, -0.2) is 0 Å². The SMILES string of the molecule is C(=Cc1oc2ccccc2[n+]1Cc1ccccc1)Nc1ccccc1. The van der Waals surface area contributed by atoms with Gasteiger partial charge < -0.3 is 9.73 Å². The average Bonchev–Trinajstić information content (AvgIpc) is 3.01. The summed E-state index contributed by atoms with van der Waals surface area (Å²) in [5, 5.41) is 3.27. The zero-order valence-corrected chi connectivity index (χ0v) is 13.8. The van der Waals surface area contributed by atoms with Gasteiger partial charge in [0.15, 0.2) is 6.54 Å². The summed E-state index contributed by atoms with van der Waals surface area (Å²) in [6.45, 7) is 0.767. The lowest BCUT2D eigenvalue weighted by Crippen LogP contribution is -2.35. The van der Waals surface area contributed by atoms with Crippen molar-refractivity contribution in [1.82, 2.24) is 0 Å². The molecule has 0 saturated heterocycles. The highest BCUT2D eigenvalue weighted by Crippen LogP contribution is 2.16. The van der Waals surface area contributed by atoms with Gasteiger partial charge in [0.2, 0.25) is 5.58 Å². The van der Waals surface area contributed by atoms with Crippen LogP contribution in [0.15, 0.2) is 95.5 Å². The first-order valence-corrected chi connectivity index (χ1v) is 8.33.